The molecule has 2 aliphatic rings. The fourth-order valence-electron chi connectivity index (χ4n) is 3.74. The number of guanidine groups is 1. The van der Waals surface area contributed by atoms with Crippen LogP contribution in [0.3, 0.4) is 0 Å². The van der Waals surface area contributed by atoms with E-state index in [4.69, 9.17) is 9.47 Å². The van der Waals surface area contributed by atoms with E-state index in [9.17, 15) is 0 Å². The predicted molar refractivity (Wildman–Crippen MR) is 117 cm³/mol. The number of benzene rings is 1. The fraction of sp³-hybridized carbons (Fsp3) is 0.650. The highest BCUT2D eigenvalue weighted by Gasteiger charge is 2.19. The molecule has 0 saturated heterocycles. The maximum atomic E-state index is 6.27. The summed E-state index contributed by atoms with van der Waals surface area (Å²) in [6.45, 7) is 0.693. The minimum Gasteiger partial charge on any atom is -0.497 e. The number of ether oxygens (including phenoxy) is 2. The van der Waals surface area contributed by atoms with E-state index in [0.29, 0.717) is 18.7 Å². The maximum Gasteiger partial charge on any atom is 0.191 e. The van der Waals surface area contributed by atoms with Gasteiger partial charge < -0.3 is 20.1 Å². The third-order valence-corrected chi connectivity index (χ3v) is 5.24. The van der Waals surface area contributed by atoms with Gasteiger partial charge in [0.05, 0.1) is 13.2 Å². The van der Waals surface area contributed by atoms with Crippen molar-refractivity contribution in [2.24, 2.45) is 4.99 Å². The van der Waals surface area contributed by atoms with Gasteiger partial charge in [0.2, 0.25) is 0 Å². The van der Waals surface area contributed by atoms with Crippen molar-refractivity contribution >= 4 is 29.9 Å². The Balaban J connectivity index is 0.00000243. The summed E-state index contributed by atoms with van der Waals surface area (Å²) in [5.74, 6) is 2.63. The number of nitrogens with one attached hydrogen (secondary N) is 2. The number of aliphatic imine (C=N–C) groups is 1. The van der Waals surface area contributed by atoms with Crippen LogP contribution in [-0.2, 0) is 6.54 Å². The van der Waals surface area contributed by atoms with Gasteiger partial charge in [-0.3, -0.25) is 4.99 Å². The van der Waals surface area contributed by atoms with Gasteiger partial charge in [-0.1, -0.05) is 12.8 Å². The monoisotopic (exact) mass is 473 g/mol. The van der Waals surface area contributed by atoms with Crippen LogP contribution in [0.5, 0.6) is 11.5 Å². The number of methoxy groups -OCH3 is 1. The van der Waals surface area contributed by atoms with Crippen LogP contribution in [0.2, 0.25) is 0 Å². The summed E-state index contributed by atoms with van der Waals surface area (Å²) in [6, 6.07) is 6.63. The summed E-state index contributed by atoms with van der Waals surface area (Å²) in [7, 11) is 3.52. The van der Waals surface area contributed by atoms with Crippen molar-refractivity contribution in [3.05, 3.63) is 23.8 Å². The SMILES string of the molecule is CN=C(NCc1ccc(OC)cc1OC1CCCC1)NC1CCCC1.I. The molecule has 2 N–H and O–H groups in total. The Labute approximate surface area is 174 Å². The minimum absolute atomic E-state index is 0. The first-order chi connectivity index (χ1) is 12.3. The normalized spacial score (nSPS) is 18.5. The van der Waals surface area contributed by atoms with Gasteiger partial charge in [0.1, 0.15) is 11.5 Å². The molecule has 0 spiro atoms. The third-order valence-electron chi connectivity index (χ3n) is 5.24. The molecule has 2 fully saturated rings. The molecule has 0 unspecified atom stereocenters. The first-order valence-corrected chi connectivity index (χ1v) is 9.59. The van der Waals surface area contributed by atoms with Crippen LogP contribution in [0.15, 0.2) is 23.2 Å². The molecule has 26 heavy (non-hydrogen) atoms. The van der Waals surface area contributed by atoms with Crippen LogP contribution in [-0.4, -0.2) is 32.3 Å². The number of nitrogens with zero attached hydrogens (tertiary/aromatic N) is 1. The lowest BCUT2D eigenvalue weighted by molar-refractivity contribution is 0.207. The Kier molecular flexibility index (Phi) is 8.81. The van der Waals surface area contributed by atoms with Gasteiger partial charge in [-0.2, -0.15) is 0 Å². The number of halogens is 1. The van der Waals surface area contributed by atoms with Crippen LogP contribution >= 0.6 is 24.0 Å². The quantitative estimate of drug-likeness (QED) is 0.369. The summed E-state index contributed by atoms with van der Waals surface area (Å²) in [6.07, 6.45) is 10.3. The molecule has 1 aromatic carbocycles. The molecule has 0 bridgehead atoms. The van der Waals surface area contributed by atoms with E-state index in [1.54, 1.807) is 7.11 Å². The second kappa shape index (κ2) is 10.8. The molecular formula is C20H32IN3O2. The van der Waals surface area contributed by atoms with Gasteiger partial charge in [-0.05, 0) is 50.7 Å². The molecule has 3 rings (SSSR count). The van der Waals surface area contributed by atoms with E-state index in [1.807, 2.05) is 19.2 Å². The zero-order chi connectivity index (χ0) is 17.5. The topological polar surface area (TPSA) is 54.9 Å². The Bertz CT molecular complexity index is 582. The average Bonchev–Trinajstić information content (AvgIpc) is 3.33. The van der Waals surface area contributed by atoms with Crippen molar-refractivity contribution in [1.29, 1.82) is 0 Å². The minimum atomic E-state index is 0. The van der Waals surface area contributed by atoms with Gasteiger partial charge in [-0.15, -0.1) is 24.0 Å². The highest BCUT2D eigenvalue weighted by molar-refractivity contribution is 14.0. The smallest absolute Gasteiger partial charge is 0.191 e. The van der Waals surface area contributed by atoms with E-state index >= 15 is 0 Å². The summed E-state index contributed by atoms with van der Waals surface area (Å²) < 4.78 is 11.6. The number of rotatable bonds is 6. The van der Waals surface area contributed by atoms with Crippen LogP contribution in [0.25, 0.3) is 0 Å². The summed E-state index contributed by atoms with van der Waals surface area (Å²) in [5.41, 5.74) is 1.14. The molecular weight excluding hydrogens is 441 g/mol. The highest BCUT2D eigenvalue weighted by atomic mass is 127. The molecule has 5 nitrogen and oxygen atoms in total. The second-order valence-corrected chi connectivity index (χ2v) is 7.05. The Morgan fingerprint density at radius 3 is 2.46 bits per heavy atom. The lowest BCUT2D eigenvalue weighted by Gasteiger charge is -2.20. The zero-order valence-corrected chi connectivity index (χ0v) is 18.3. The summed E-state index contributed by atoms with van der Waals surface area (Å²) in [5, 5.41) is 6.96. The first kappa shape index (κ1) is 21.1. The van der Waals surface area contributed by atoms with Crippen molar-refractivity contribution in [3.63, 3.8) is 0 Å². The molecule has 2 aliphatic carbocycles. The standard InChI is InChI=1S/C20H31N3O2.HI/c1-21-20(23-16-7-3-4-8-16)22-14-15-11-12-18(24-2)13-19(15)25-17-9-5-6-10-17;/h11-13,16-17H,3-10,14H2,1-2H3,(H2,21,22,23);1H. The van der Waals surface area contributed by atoms with Gasteiger partial charge in [0.25, 0.3) is 0 Å². The summed E-state index contributed by atoms with van der Waals surface area (Å²) in [4.78, 5) is 4.36. The molecule has 1 aromatic rings. The van der Waals surface area contributed by atoms with Gasteiger partial charge in [-0.25, -0.2) is 0 Å². The van der Waals surface area contributed by atoms with Crippen molar-refractivity contribution in [2.75, 3.05) is 14.2 Å². The van der Waals surface area contributed by atoms with Crippen LogP contribution in [0.4, 0.5) is 0 Å². The van der Waals surface area contributed by atoms with Crippen molar-refractivity contribution < 1.29 is 9.47 Å². The largest absolute Gasteiger partial charge is 0.497 e. The molecule has 0 amide bonds. The predicted octanol–water partition coefficient (Wildman–Crippen LogP) is 4.24. The molecule has 0 aliphatic heterocycles. The molecule has 2 saturated carbocycles. The van der Waals surface area contributed by atoms with E-state index in [0.717, 1.165) is 35.9 Å². The maximum absolute atomic E-state index is 6.27. The molecule has 6 heteroatoms. The molecule has 0 atom stereocenters. The van der Waals surface area contributed by atoms with Gasteiger partial charge in [0.15, 0.2) is 5.96 Å². The first-order valence-electron chi connectivity index (χ1n) is 9.59. The molecule has 146 valence electrons. The van der Waals surface area contributed by atoms with Crippen molar-refractivity contribution in [3.8, 4) is 11.5 Å². The highest BCUT2D eigenvalue weighted by Crippen LogP contribution is 2.30. The molecule has 0 heterocycles. The van der Waals surface area contributed by atoms with Crippen LogP contribution in [0, 0.1) is 0 Å². The van der Waals surface area contributed by atoms with Crippen LogP contribution < -0.4 is 20.1 Å². The third kappa shape index (κ3) is 5.93. The Morgan fingerprint density at radius 2 is 1.81 bits per heavy atom. The number of hydrogen-bond donors (Lipinski definition) is 2. The Hall–Kier alpha value is -1.18. The second-order valence-electron chi connectivity index (χ2n) is 7.05. The number of hydrogen-bond acceptors (Lipinski definition) is 3. The van der Waals surface area contributed by atoms with Gasteiger partial charge >= 0.3 is 0 Å². The zero-order valence-electron chi connectivity index (χ0n) is 15.9. The lowest BCUT2D eigenvalue weighted by Crippen LogP contribution is -2.42. The average molecular weight is 473 g/mol. The van der Waals surface area contributed by atoms with E-state index < -0.39 is 0 Å². The molecule has 0 aromatic heterocycles. The van der Waals surface area contributed by atoms with E-state index in [1.165, 1.54) is 38.5 Å². The van der Waals surface area contributed by atoms with E-state index in [-0.39, 0.29) is 24.0 Å². The molecule has 0 radical (unpaired) electrons. The van der Waals surface area contributed by atoms with Gasteiger partial charge in [0, 0.05) is 31.3 Å². The van der Waals surface area contributed by atoms with Crippen molar-refractivity contribution in [1.82, 2.24) is 10.6 Å². The Morgan fingerprint density at radius 1 is 1.12 bits per heavy atom. The van der Waals surface area contributed by atoms with Crippen molar-refractivity contribution in [2.45, 2.75) is 70.1 Å². The lowest BCUT2D eigenvalue weighted by atomic mass is 10.1. The fourth-order valence-corrected chi connectivity index (χ4v) is 3.74. The van der Waals surface area contributed by atoms with E-state index in [2.05, 4.69) is 21.7 Å². The van der Waals surface area contributed by atoms with Crippen LogP contribution in [0.1, 0.15) is 56.9 Å². The summed E-state index contributed by atoms with van der Waals surface area (Å²) >= 11 is 0.